The number of hydrogen-bond acceptors (Lipinski definition) is 3. The van der Waals surface area contributed by atoms with Gasteiger partial charge in [-0.15, -0.1) is 0 Å². The Morgan fingerprint density at radius 2 is 1.70 bits per heavy atom. The van der Waals surface area contributed by atoms with Gasteiger partial charge in [0.25, 0.3) is 0 Å². The molecule has 1 aromatic rings. The lowest BCUT2D eigenvalue weighted by atomic mass is 10.1. The highest BCUT2D eigenvalue weighted by Crippen LogP contribution is 2.09. The van der Waals surface area contributed by atoms with Crippen LogP contribution in [-0.4, -0.2) is 30.8 Å². The van der Waals surface area contributed by atoms with Crippen molar-refractivity contribution in [2.24, 2.45) is 0 Å². The van der Waals surface area contributed by atoms with E-state index in [1.54, 1.807) is 24.3 Å². The number of benzene rings is 1. The summed E-state index contributed by atoms with van der Waals surface area (Å²) >= 11 is 0. The minimum atomic E-state index is -0.466. The summed E-state index contributed by atoms with van der Waals surface area (Å²) in [7, 11) is 0. The van der Waals surface area contributed by atoms with E-state index in [9.17, 15) is 14.4 Å². The molecule has 6 heteroatoms. The molecular weight excluding hydrogens is 258 g/mol. The third kappa shape index (κ3) is 5.51. The number of carbonyl (C=O) groups excluding carboxylic acids is 3. The second-order valence-corrected chi connectivity index (χ2v) is 4.29. The largest absolute Gasteiger partial charge is 0.355 e. The zero-order valence-electron chi connectivity index (χ0n) is 11.7. The molecule has 0 saturated carbocycles. The fourth-order valence-corrected chi connectivity index (χ4v) is 1.45. The van der Waals surface area contributed by atoms with Gasteiger partial charge in [0.15, 0.2) is 5.78 Å². The highest BCUT2D eigenvalue weighted by atomic mass is 16.2. The van der Waals surface area contributed by atoms with Crippen molar-refractivity contribution < 1.29 is 14.4 Å². The maximum absolute atomic E-state index is 11.5. The molecule has 0 saturated heterocycles. The molecule has 0 aliphatic heterocycles. The molecule has 0 unspecified atom stereocenters. The molecule has 0 atom stereocenters. The molecule has 0 bridgehead atoms. The van der Waals surface area contributed by atoms with E-state index in [4.69, 9.17) is 0 Å². The van der Waals surface area contributed by atoms with Crippen molar-refractivity contribution >= 4 is 23.4 Å². The van der Waals surface area contributed by atoms with E-state index >= 15 is 0 Å². The molecule has 3 N–H and O–H groups in total. The lowest BCUT2D eigenvalue weighted by Crippen LogP contribution is -2.39. The van der Waals surface area contributed by atoms with Crippen LogP contribution >= 0.6 is 0 Å². The molecule has 6 nitrogen and oxygen atoms in total. The number of ketones is 1. The Morgan fingerprint density at radius 1 is 1.05 bits per heavy atom. The molecule has 0 heterocycles. The molecule has 0 aromatic heterocycles. The van der Waals surface area contributed by atoms with Crippen molar-refractivity contribution in [1.82, 2.24) is 10.6 Å². The van der Waals surface area contributed by atoms with Gasteiger partial charge in [0.05, 0.1) is 6.54 Å². The molecule has 0 spiro atoms. The summed E-state index contributed by atoms with van der Waals surface area (Å²) in [5.41, 5.74) is 1.14. The number of amides is 3. The quantitative estimate of drug-likeness (QED) is 0.689. The Bertz CT molecular complexity index is 483. The van der Waals surface area contributed by atoms with E-state index in [0.29, 0.717) is 17.8 Å². The summed E-state index contributed by atoms with van der Waals surface area (Å²) in [6.45, 7) is 3.95. The number of urea groups is 1. The van der Waals surface area contributed by atoms with Gasteiger partial charge in [-0.2, -0.15) is 0 Å². The van der Waals surface area contributed by atoms with Gasteiger partial charge in [0.2, 0.25) is 5.91 Å². The average molecular weight is 277 g/mol. The van der Waals surface area contributed by atoms with Crippen LogP contribution in [-0.2, 0) is 4.79 Å². The Labute approximate surface area is 117 Å². The summed E-state index contributed by atoms with van der Waals surface area (Å²) in [6, 6.07) is 6.06. The first-order valence-electron chi connectivity index (χ1n) is 6.45. The van der Waals surface area contributed by atoms with Crippen molar-refractivity contribution in [2.45, 2.75) is 20.3 Å². The first kappa shape index (κ1) is 15.7. The second-order valence-electron chi connectivity index (χ2n) is 4.29. The summed E-state index contributed by atoms with van der Waals surface area (Å²) < 4.78 is 0. The van der Waals surface area contributed by atoms with Gasteiger partial charge in [-0.3, -0.25) is 9.59 Å². The lowest BCUT2D eigenvalue weighted by molar-refractivity contribution is -0.120. The molecule has 3 amide bonds. The van der Waals surface area contributed by atoms with Gasteiger partial charge < -0.3 is 16.0 Å². The van der Waals surface area contributed by atoms with E-state index in [-0.39, 0.29) is 18.2 Å². The maximum Gasteiger partial charge on any atom is 0.319 e. The van der Waals surface area contributed by atoms with Gasteiger partial charge in [0.1, 0.15) is 0 Å². The monoisotopic (exact) mass is 277 g/mol. The van der Waals surface area contributed by atoms with Crippen molar-refractivity contribution in [2.75, 3.05) is 18.4 Å². The highest BCUT2D eigenvalue weighted by molar-refractivity contribution is 5.95. The van der Waals surface area contributed by atoms with Crippen LogP contribution in [0.15, 0.2) is 24.3 Å². The Balaban J connectivity index is 2.38. The summed E-state index contributed by atoms with van der Waals surface area (Å²) in [5.74, 6) is -0.262. The van der Waals surface area contributed by atoms with Crippen LogP contribution in [0.1, 0.15) is 30.6 Å². The fraction of sp³-hybridized carbons (Fsp3) is 0.357. The summed E-state index contributed by atoms with van der Waals surface area (Å²) in [6.07, 6.45) is 0.848. The van der Waals surface area contributed by atoms with Gasteiger partial charge in [0, 0.05) is 17.8 Å². The number of Topliss-reactive ketones (excluding diaryl/α,β-unsaturated/α-hetero) is 1. The summed E-state index contributed by atoms with van der Waals surface area (Å²) in [5, 5.41) is 7.68. The van der Waals surface area contributed by atoms with E-state index in [1.165, 1.54) is 6.92 Å². The van der Waals surface area contributed by atoms with Gasteiger partial charge in [-0.05, 0) is 37.6 Å². The van der Waals surface area contributed by atoms with Crippen LogP contribution in [0.2, 0.25) is 0 Å². The third-order valence-electron chi connectivity index (χ3n) is 2.53. The van der Waals surface area contributed by atoms with E-state index in [0.717, 1.165) is 6.42 Å². The first-order valence-corrected chi connectivity index (χ1v) is 6.45. The van der Waals surface area contributed by atoms with E-state index < -0.39 is 6.03 Å². The number of nitrogens with one attached hydrogen (secondary N) is 3. The predicted molar refractivity (Wildman–Crippen MR) is 76.8 cm³/mol. The maximum atomic E-state index is 11.5. The van der Waals surface area contributed by atoms with Crippen molar-refractivity contribution in [3.05, 3.63) is 29.8 Å². The third-order valence-corrected chi connectivity index (χ3v) is 2.53. The molecule has 0 aliphatic rings. The Kier molecular flexibility index (Phi) is 6.22. The van der Waals surface area contributed by atoms with Gasteiger partial charge >= 0.3 is 6.03 Å². The SMILES string of the molecule is CCCNC(=O)CNC(=O)Nc1ccc(C(C)=O)cc1. The normalized spacial score (nSPS) is 9.70. The van der Waals surface area contributed by atoms with Crippen molar-refractivity contribution in [1.29, 1.82) is 0 Å². The van der Waals surface area contributed by atoms with Gasteiger partial charge in [-0.25, -0.2) is 4.79 Å². The van der Waals surface area contributed by atoms with Crippen LogP contribution in [0.5, 0.6) is 0 Å². The average Bonchev–Trinajstić information content (AvgIpc) is 2.43. The van der Waals surface area contributed by atoms with Crippen LogP contribution < -0.4 is 16.0 Å². The molecule has 108 valence electrons. The lowest BCUT2D eigenvalue weighted by Gasteiger charge is -2.08. The molecule has 1 rings (SSSR count). The number of carbonyl (C=O) groups is 3. The van der Waals surface area contributed by atoms with Crippen molar-refractivity contribution in [3.63, 3.8) is 0 Å². The zero-order valence-corrected chi connectivity index (χ0v) is 11.7. The standard InChI is InChI=1S/C14H19N3O3/c1-3-8-15-13(19)9-16-14(20)17-12-6-4-11(5-7-12)10(2)18/h4-7H,3,8-9H2,1-2H3,(H,15,19)(H2,16,17,20). The van der Waals surface area contributed by atoms with Crippen LogP contribution in [0.25, 0.3) is 0 Å². The van der Waals surface area contributed by atoms with Gasteiger partial charge in [-0.1, -0.05) is 6.92 Å². The van der Waals surface area contributed by atoms with E-state index in [1.807, 2.05) is 6.92 Å². The molecular formula is C14H19N3O3. The van der Waals surface area contributed by atoms with Crippen LogP contribution in [0, 0.1) is 0 Å². The minimum Gasteiger partial charge on any atom is -0.355 e. The highest BCUT2D eigenvalue weighted by Gasteiger charge is 2.05. The Hall–Kier alpha value is -2.37. The summed E-state index contributed by atoms with van der Waals surface area (Å²) in [4.78, 5) is 33.9. The molecule has 0 aliphatic carbocycles. The number of hydrogen-bond donors (Lipinski definition) is 3. The van der Waals surface area contributed by atoms with E-state index in [2.05, 4.69) is 16.0 Å². The fourth-order valence-electron chi connectivity index (χ4n) is 1.45. The van der Waals surface area contributed by atoms with Crippen LogP contribution in [0.3, 0.4) is 0 Å². The Morgan fingerprint density at radius 3 is 2.25 bits per heavy atom. The molecule has 1 aromatic carbocycles. The zero-order chi connectivity index (χ0) is 15.0. The molecule has 0 radical (unpaired) electrons. The van der Waals surface area contributed by atoms with Crippen LogP contribution in [0.4, 0.5) is 10.5 Å². The topological polar surface area (TPSA) is 87.3 Å². The van der Waals surface area contributed by atoms with Crippen molar-refractivity contribution in [3.8, 4) is 0 Å². The predicted octanol–water partition coefficient (Wildman–Crippen LogP) is 1.54. The number of rotatable bonds is 6. The molecule has 20 heavy (non-hydrogen) atoms. The number of anilines is 1. The first-order chi connectivity index (χ1) is 9.52. The smallest absolute Gasteiger partial charge is 0.319 e. The molecule has 0 fully saturated rings. The minimum absolute atomic E-state index is 0.0337. The second kappa shape index (κ2) is 7.93.